The number of hydrogen-bond acceptors (Lipinski definition) is 4. The fraction of sp³-hybridized carbons (Fsp3) is 0.133. The molecule has 0 aliphatic carbocycles. The minimum Gasteiger partial charge on any atom is -0.449 e. The fourth-order valence-corrected chi connectivity index (χ4v) is 1.77. The van der Waals surface area contributed by atoms with Crippen molar-refractivity contribution in [2.24, 2.45) is 0 Å². The SMILES string of the molecule is C[C@H](OC(=O)c1ccncc1)C(=O)Nc1cccc(Cl)c1. The third kappa shape index (κ3) is 4.29. The normalized spacial score (nSPS) is 11.5. The molecule has 108 valence electrons. The van der Waals surface area contributed by atoms with Gasteiger partial charge < -0.3 is 10.1 Å². The van der Waals surface area contributed by atoms with Crippen LogP contribution in [0.5, 0.6) is 0 Å². The molecular weight excluding hydrogens is 292 g/mol. The number of carbonyl (C=O) groups is 2. The van der Waals surface area contributed by atoms with Crippen LogP contribution in [0.3, 0.4) is 0 Å². The standard InChI is InChI=1S/C15H13ClN2O3/c1-10(21-15(20)11-5-7-17-8-6-11)14(19)18-13-4-2-3-12(16)9-13/h2-10H,1H3,(H,18,19)/t10-/m0/s1. The highest BCUT2D eigenvalue weighted by Gasteiger charge is 2.18. The van der Waals surface area contributed by atoms with Crippen LogP contribution in [0.15, 0.2) is 48.8 Å². The first kappa shape index (κ1) is 15.0. The third-order valence-electron chi connectivity index (χ3n) is 2.66. The van der Waals surface area contributed by atoms with Gasteiger partial charge in [-0.2, -0.15) is 0 Å². The minimum atomic E-state index is -0.926. The van der Waals surface area contributed by atoms with Crippen LogP contribution in [0.2, 0.25) is 5.02 Å². The molecule has 5 nitrogen and oxygen atoms in total. The molecule has 21 heavy (non-hydrogen) atoms. The van der Waals surface area contributed by atoms with E-state index in [2.05, 4.69) is 10.3 Å². The third-order valence-corrected chi connectivity index (χ3v) is 2.90. The Labute approximate surface area is 126 Å². The summed E-state index contributed by atoms with van der Waals surface area (Å²) in [6.07, 6.45) is 2.03. The average Bonchev–Trinajstić information content (AvgIpc) is 2.48. The Hall–Kier alpha value is -2.40. The van der Waals surface area contributed by atoms with Crippen LogP contribution in [0.4, 0.5) is 5.69 Å². The van der Waals surface area contributed by atoms with Gasteiger partial charge in [0, 0.05) is 23.1 Å². The van der Waals surface area contributed by atoms with Crippen LogP contribution in [0, 0.1) is 0 Å². The van der Waals surface area contributed by atoms with Crippen molar-refractivity contribution >= 4 is 29.2 Å². The van der Waals surface area contributed by atoms with E-state index in [-0.39, 0.29) is 0 Å². The molecule has 0 unspecified atom stereocenters. The molecule has 0 saturated carbocycles. The number of hydrogen-bond donors (Lipinski definition) is 1. The number of carbonyl (C=O) groups excluding carboxylic acids is 2. The Balaban J connectivity index is 1.95. The summed E-state index contributed by atoms with van der Waals surface area (Å²) in [6.45, 7) is 1.50. The number of pyridine rings is 1. The lowest BCUT2D eigenvalue weighted by Crippen LogP contribution is -2.30. The van der Waals surface area contributed by atoms with E-state index in [1.807, 2.05) is 0 Å². The zero-order valence-corrected chi connectivity index (χ0v) is 12.0. The average molecular weight is 305 g/mol. The highest BCUT2D eigenvalue weighted by atomic mass is 35.5. The van der Waals surface area contributed by atoms with Crippen molar-refractivity contribution in [1.82, 2.24) is 4.98 Å². The quantitative estimate of drug-likeness (QED) is 0.882. The first-order valence-electron chi connectivity index (χ1n) is 6.23. The summed E-state index contributed by atoms with van der Waals surface area (Å²) < 4.78 is 5.09. The maximum atomic E-state index is 11.9. The van der Waals surface area contributed by atoms with Gasteiger partial charge in [0.05, 0.1) is 5.56 Å². The monoisotopic (exact) mass is 304 g/mol. The molecule has 0 spiro atoms. The van der Waals surface area contributed by atoms with Crippen molar-refractivity contribution in [3.8, 4) is 0 Å². The summed E-state index contributed by atoms with van der Waals surface area (Å²) in [6, 6.07) is 9.75. The van der Waals surface area contributed by atoms with Gasteiger partial charge in [-0.25, -0.2) is 4.79 Å². The number of anilines is 1. The van der Waals surface area contributed by atoms with E-state index >= 15 is 0 Å². The molecule has 1 amide bonds. The number of halogens is 1. The topological polar surface area (TPSA) is 68.3 Å². The lowest BCUT2D eigenvalue weighted by atomic mass is 10.2. The van der Waals surface area contributed by atoms with Gasteiger partial charge in [0.1, 0.15) is 0 Å². The zero-order chi connectivity index (χ0) is 15.2. The predicted octanol–water partition coefficient (Wildman–Crippen LogP) is 2.92. The van der Waals surface area contributed by atoms with Gasteiger partial charge in [-0.1, -0.05) is 17.7 Å². The van der Waals surface area contributed by atoms with Crippen LogP contribution in [0.1, 0.15) is 17.3 Å². The fourth-order valence-electron chi connectivity index (χ4n) is 1.58. The number of esters is 1. The van der Waals surface area contributed by atoms with E-state index < -0.39 is 18.0 Å². The van der Waals surface area contributed by atoms with E-state index in [0.29, 0.717) is 16.3 Å². The highest BCUT2D eigenvalue weighted by molar-refractivity contribution is 6.30. The first-order valence-corrected chi connectivity index (χ1v) is 6.61. The first-order chi connectivity index (χ1) is 10.1. The molecule has 1 N–H and O–H groups in total. The molecule has 0 radical (unpaired) electrons. The summed E-state index contributed by atoms with van der Waals surface area (Å²) in [5.74, 6) is -1.01. The number of ether oxygens (including phenoxy) is 1. The van der Waals surface area contributed by atoms with Crippen molar-refractivity contribution in [3.05, 3.63) is 59.4 Å². The number of rotatable bonds is 4. The molecule has 0 saturated heterocycles. The van der Waals surface area contributed by atoms with Crippen LogP contribution in [-0.2, 0) is 9.53 Å². The smallest absolute Gasteiger partial charge is 0.339 e. The second-order valence-corrected chi connectivity index (χ2v) is 4.72. The molecule has 1 aromatic heterocycles. The van der Waals surface area contributed by atoms with E-state index in [9.17, 15) is 9.59 Å². The highest BCUT2D eigenvalue weighted by Crippen LogP contribution is 2.15. The number of amides is 1. The summed E-state index contributed by atoms with van der Waals surface area (Å²) in [4.78, 5) is 27.6. The summed E-state index contributed by atoms with van der Waals surface area (Å²) in [5, 5.41) is 3.13. The second-order valence-electron chi connectivity index (χ2n) is 4.28. The Morgan fingerprint density at radius 2 is 1.95 bits per heavy atom. The van der Waals surface area contributed by atoms with Gasteiger partial charge in [-0.05, 0) is 37.3 Å². The maximum absolute atomic E-state index is 11.9. The maximum Gasteiger partial charge on any atom is 0.339 e. The molecule has 2 aromatic rings. The van der Waals surface area contributed by atoms with Gasteiger partial charge in [-0.15, -0.1) is 0 Å². The van der Waals surface area contributed by atoms with E-state index in [1.165, 1.54) is 31.5 Å². The lowest BCUT2D eigenvalue weighted by Gasteiger charge is -2.13. The number of nitrogens with zero attached hydrogens (tertiary/aromatic N) is 1. The van der Waals surface area contributed by atoms with Gasteiger partial charge in [0.15, 0.2) is 6.10 Å². The van der Waals surface area contributed by atoms with Crippen LogP contribution < -0.4 is 5.32 Å². The van der Waals surface area contributed by atoms with Crippen LogP contribution in [-0.4, -0.2) is 23.0 Å². The number of nitrogens with one attached hydrogen (secondary N) is 1. The van der Waals surface area contributed by atoms with E-state index in [1.54, 1.807) is 24.3 Å². The minimum absolute atomic E-state index is 0.340. The van der Waals surface area contributed by atoms with Gasteiger partial charge >= 0.3 is 5.97 Å². The second kappa shape index (κ2) is 6.85. The predicted molar refractivity (Wildman–Crippen MR) is 79.2 cm³/mol. The van der Waals surface area contributed by atoms with Crippen molar-refractivity contribution in [3.63, 3.8) is 0 Å². The van der Waals surface area contributed by atoms with Gasteiger partial charge in [0.25, 0.3) is 5.91 Å². The molecule has 0 aliphatic rings. The van der Waals surface area contributed by atoms with Crippen LogP contribution >= 0.6 is 11.6 Å². The summed E-state index contributed by atoms with van der Waals surface area (Å²) >= 11 is 5.83. The van der Waals surface area contributed by atoms with E-state index in [0.717, 1.165) is 0 Å². The molecule has 0 fully saturated rings. The van der Waals surface area contributed by atoms with Gasteiger partial charge in [0.2, 0.25) is 0 Å². The molecule has 6 heteroatoms. The Kier molecular flexibility index (Phi) is 4.90. The lowest BCUT2D eigenvalue weighted by molar-refractivity contribution is -0.123. The molecule has 1 aromatic carbocycles. The molecular formula is C15H13ClN2O3. The van der Waals surface area contributed by atoms with E-state index in [4.69, 9.17) is 16.3 Å². The zero-order valence-electron chi connectivity index (χ0n) is 11.2. The number of aromatic nitrogens is 1. The number of benzene rings is 1. The Morgan fingerprint density at radius 3 is 2.62 bits per heavy atom. The largest absolute Gasteiger partial charge is 0.449 e. The summed E-state index contributed by atoms with van der Waals surface area (Å²) in [7, 11) is 0. The van der Waals surface area contributed by atoms with Crippen molar-refractivity contribution in [1.29, 1.82) is 0 Å². The molecule has 0 aliphatic heterocycles. The molecule has 2 rings (SSSR count). The Morgan fingerprint density at radius 1 is 1.24 bits per heavy atom. The van der Waals surface area contributed by atoms with Crippen molar-refractivity contribution in [2.75, 3.05) is 5.32 Å². The molecule has 0 bridgehead atoms. The van der Waals surface area contributed by atoms with Gasteiger partial charge in [-0.3, -0.25) is 9.78 Å². The van der Waals surface area contributed by atoms with Crippen LogP contribution in [0.25, 0.3) is 0 Å². The van der Waals surface area contributed by atoms with Crippen molar-refractivity contribution < 1.29 is 14.3 Å². The Bertz CT molecular complexity index is 646. The molecule has 1 atom stereocenters. The summed E-state index contributed by atoms with van der Waals surface area (Å²) in [5.41, 5.74) is 0.881. The molecule has 1 heterocycles. The van der Waals surface area contributed by atoms with Crippen molar-refractivity contribution in [2.45, 2.75) is 13.0 Å².